The van der Waals surface area contributed by atoms with Gasteiger partial charge in [-0.15, -0.1) is 0 Å². The first-order chi connectivity index (χ1) is 10.5. The van der Waals surface area contributed by atoms with Gasteiger partial charge < -0.3 is 14.8 Å². The number of benzene rings is 1. The first kappa shape index (κ1) is 16.2. The van der Waals surface area contributed by atoms with Gasteiger partial charge in [-0.3, -0.25) is 9.69 Å². The molecule has 1 heterocycles. The van der Waals surface area contributed by atoms with Crippen LogP contribution in [0.5, 0.6) is 5.75 Å². The molecule has 2 rings (SSSR count). The number of ether oxygens (including phenoxy) is 2. The van der Waals surface area contributed by atoms with E-state index >= 15 is 0 Å². The third-order valence-corrected chi connectivity index (χ3v) is 3.37. The maximum Gasteiger partial charge on any atom is 0.344 e. The highest BCUT2D eigenvalue weighted by Crippen LogP contribution is 2.25. The number of hydrogen-bond acceptors (Lipinski definition) is 5. The van der Waals surface area contributed by atoms with Crippen molar-refractivity contribution in [2.24, 2.45) is 0 Å². The Labute approximate surface area is 133 Å². The highest BCUT2D eigenvalue weighted by molar-refractivity contribution is 9.10. The van der Waals surface area contributed by atoms with Crippen LogP contribution in [0.2, 0.25) is 0 Å². The minimum atomic E-state index is -0.774. The molecule has 0 spiro atoms. The van der Waals surface area contributed by atoms with E-state index in [4.69, 9.17) is 9.47 Å². The second-order valence-corrected chi connectivity index (χ2v) is 5.16. The monoisotopic (exact) mass is 374 g/mol. The van der Waals surface area contributed by atoms with Crippen molar-refractivity contribution in [1.82, 2.24) is 10.2 Å². The number of nitrogens with zero attached hydrogens (tertiary/aromatic N) is 1. The Bertz CT molecular complexity index is 610. The van der Waals surface area contributed by atoms with E-state index in [0.29, 0.717) is 11.0 Å². The Morgan fingerprint density at radius 2 is 2.14 bits per heavy atom. The number of carbonyl (C=O) groups is 3. The van der Waals surface area contributed by atoms with E-state index < -0.39 is 36.9 Å². The summed E-state index contributed by atoms with van der Waals surface area (Å²) in [5.41, 5.74) is 0. The molecule has 3 amide bonds. The van der Waals surface area contributed by atoms with Gasteiger partial charge in [-0.2, -0.15) is 0 Å². The van der Waals surface area contributed by atoms with Crippen LogP contribution in [0.1, 0.15) is 0 Å². The van der Waals surface area contributed by atoms with Gasteiger partial charge in [0.05, 0.1) is 4.47 Å². The number of hydrogen-bond donors (Lipinski definition) is 1. The Morgan fingerprint density at radius 3 is 2.77 bits per heavy atom. The summed E-state index contributed by atoms with van der Waals surface area (Å²) in [5, 5.41) is 2.46. The largest absolute Gasteiger partial charge is 0.481 e. The highest BCUT2D eigenvalue weighted by atomic mass is 79.9. The fourth-order valence-corrected chi connectivity index (χ4v) is 2.17. The number of imide groups is 1. The molecule has 0 aliphatic carbocycles. The van der Waals surface area contributed by atoms with Crippen molar-refractivity contribution >= 4 is 33.8 Å². The number of urea groups is 1. The lowest BCUT2D eigenvalue weighted by molar-refractivity contribution is -0.152. The molecule has 0 atom stereocenters. The zero-order valence-corrected chi connectivity index (χ0v) is 12.9. The summed E-state index contributed by atoms with van der Waals surface area (Å²) in [6, 6.07) is 3.22. The van der Waals surface area contributed by atoms with Crippen molar-refractivity contribution < 1.29 is 28.2 Å². The van der Waals surface area contributed by atoms with E-state index in [9.17, 15) is 18.8 Å². The number of rotatable bonds is 5. The summed E-state index contributed by atoms with van der Waals surface area (Å²) in [6.07, 6.45) is 0. The number of halogens is 2. The van der Waals surface area contributed by atoms with Crippen molar-refractivity contribution in [3.63, 3.8) is 0 Å². The molecule has 22 heavy (non-hydrogen) atoms. The second kappa shape index (κ2) is 7.21. The Kier molecular flexibility index (Phi) is 5.31. The van der Waals surface area contributed by atoms with Gasteiger partial charge in [0.25, 0.3) is 5.91 Å². The van der Waals surface area contributed by atoms with Gasteiger partial charge in [-0.1, -0.05) is 0 Å². The van der Waals surface area contributed by atoms with Gasteiger partial charge in [0, 0.05) is 13.1 Å². The van der Waals surface area contributed by atoms with Crippen molar-refractivity contribution in [2.75, 3.05) is 26.3 Å². The predicted molar refractivity (Wildman–Crippen MR) is 75.7 cm³/mol. The van der Waals surface area contributed by atoms with Crippen LogP contribution in [-0.4, -0.2) is 49.1 Å². The molecular weight excluding hydrogens is 363 g/mol. The molecule has 1 aliphatic rings. The summed E-state index contributed by atoms with van der Waals surface area (Å²) < 4.78 is 23.1. The molecule has 1 saturated heterocycles. The van der Waals surface area contributed by atoms with Crippen molar-refractivity contribution in [3.05, 3.63) is 28.5 Å². The molecule has 0 aromatic heterocycles. The molecule has 1 aromatic carbocycles. The molecule has 7 nitrogen and oxygen atoms in total. The molecule has 0 bridgehead atoms. The Hall–Kier alpha value is -2.16. The van der Waals surface area contributed by atoms with Gasteiger partial charge in [0.1, 0.15) is 11.6 Å². The third kappa shape index (κ3) is 4.17. The van der Waals surface area contributed by atoms with Gasteiger partial charge in [0.2, 0.25) is 0 Å². The highest BCUT2D eigenvalue weighted by Gasteiger charge is 2.26. The van der Waals surface area contributed by atoms with E-state index in [-0.39, 0.29) is 12.3 Å². The predicted octanol–water partition coefficient (Wildman–Crippen LogP) is 1.06. The molecule has 0 unspecified atom stereocenters. The van der Waals surface area contributed by atoms with Gasteiger partial charge in [0.15, 0.2) is 13.2 Å². The molecular formula is C13H12BrFN2O5. The topological polar surface area (TPSA) is 84.9 Å². The van der Waals surface area contributed by atoms with Crippen LogP contribution in [0, 0.1) is 5.82 Å². The SMILES string of the molecule is O=C(COc1ccc(F)cc1Br)OCC(=O)N1CCNC1=O. The number of esters is 1. The molecule has 0 saturated carbocycles. The van der Waals surface area contributed by atoms with Crippen LogP contribution >= 0.6 is 15.9 Å². The van der Waals surface area contributed by atoms with Crippen molar-refractivity contribution in [1.29, 1.82) is 0 Å². The van der Waals surface area contributed by atoms with Crippen LogP contribution in [0.15, 0.2) is 22.7 Å². The van der Waals surface area contributed by atoms with E-state index in [1.54, 1.807) is 0 Å². The molecule has 1 aliphatic heterocycles. The van der Waals surface area contributed by atoms with Gasteiger partial charge in [-0.05, 0) is 34.1 Å². The van der Waals surface area contributed by atoms with Crippen molar-refractivity contribution in [3.8, 4) is 5.75 Å². The Morgan fingerprint density at radius 1 is 1.36 bits per heavy atom. The lowest BCUT2D eigenvalue weighted by Crippen LogP contribution is -2.37. The average Bonchev–Trinajstić information content (AvgIpc) is 2.90. The number of nitrogens with one attached hydrogen (secondary N) is 1. The zero-order chi connectivity index (χ0) is 16.1. The maximum absolute atomic E-state index is 12.9. The third-order valence-electron chi connectivity index (χ3n) is 2.75. The van der Waals surface area contributed by atoms with Crippen LogP contribution in [-0.2, 0) is 14.3 Å². The fraction of sp³-hybridized carbons (Fsp3) is 0.308. The molecule has 1 fully saturated rings. The number of carbonyl (C=O) groups excluding carboxylic acids is 3. The van der Waals surface area contributed by atoms with Crippen molar-refractivity contribution in [2.45, 2.75) is 0 Å². The maximum atomic E-state index is 12.9. The molecule has 9 heteroatoms. The molecule has 1 aromatic rings. The van der Waals surface area contributed by atoms with E-state index in [1.807, 2.05) is 0 Å². The molecule has 0 radical (unpaired) electrons. The minimum Gasteiger partial charge on any atom is -0.481 e. The lowest BCUT2D eigenvalue weighted by Gasteiger charge is -2.12. The summed E-state index contributed by atoms with van der Waals surface area (Å²) in [4.78, 5) is 35.3. The summed E-state index contributed by atoms with van der Waals surface area (Å²) in [6.45, 7) is -0.363. The fourth-order valence-electron chi connectivity index (χ4n) is 1.70. The second-order valence-electron chi connectivity index (χ2n) is 4.30. The van der Waals surface area contributed by atoms with Crippen LogP contribution in [0.3, 0.4) is 0 Å². The summed E-state index contributed by atoms with van der Waals surface area (Å²) in [5.74, 6) is -1.56. The summed E-state index contributed by atoms with van der Waals surface area (Å²) in [7, 11) is 0. The van der Waals surface area contributed by atoms with E-state index in [0.717, 1.165) is 4.90 Å². The summed E-state index contributed by atoms with van der Waals surface area (Å²) >= 11 is 3.09. The minimum absolute atomic E-state index is 0.244. The normalized spacial score (nSPS) is 13.7. The first-order valence-corrected chi connectivity index (χ1v) is 7.08. The number of amides is 3. The quantitative estimate of drug-likeness (QED) is 0.779. The van der Waals surface area contributed by atoms with Gasteiger partial charge >= 0.3 is 12.0 Å². The van der Waals surface area contributed by atoms with Crippen LogP contribution in [0.4, 0.5) is 9.18 Å². The lowest BCUT2D eigenvalue weighted by atomic mass is 10.3. The van der Waals surface area contributed by atoms with Gasteiger partial charge in [-0.25, -0.2) is 14.0 Å². The zero-order valence-electron chi connectivity index (χ0n) is 11.3. The molecule has 118 valence electrons. The standard InChI is InChI=1S/C13H12BrFN2O5/c14-9-5-8(15)1-2-10(9)21-7-12(19)22-6-11(18)17-4-3-16-13(17)20/h1-2,5H,3-4,6-7H2,(H,16,20). The molecule has 1 N–H and O–H groups in total. The van der Waals surface area contributed by atoms with E-state index in [1.165, 1.54) is 18.2 Å². The van der Waals surface area contributed by atoms with Crippen LogP contribution in [0.25, 0.3) is 0 Å². The van der Waals surface area contributed by atoms with Crippen LogP contribution < -0.4 is 10.1 Å². The van der Waals surface area contributed by atoms with E-state index in [2.05, 4.69) is 21.2 Å². The first-order valence-electron chi connectivity index (χ1n) is 6.29. The Balaban J connectivity index is 1.76. The smallest absolute Gasteiger partial charge is 0.344 e. The average molecular weight is 375 g/mol.